The van der Waals surface area contributed by atoms with Crippen molar-refractivity contribution >= 4 is 21.6 Å². The topological polar surface area (TPSA) is 49.9 Å². The van der Waals surface area contributed by atoms with Crippen molar-refractivity contribution in [1.82, 2.24) is 0 Å². The van der Waals surface area contributed by atoms with Gasteiger partial charge in [-0.3, -0.25) is 5.41 Å². The van der Waals surface area contributed by atoms with Crippen LogP contribution in [0.3, 0.4) is 0 Å². The van der Waals surface area contributed by atoms with Gasteiger partial charge in [0, 0.05) is 16.3 Å². The van der Waals surface area contributed by atoms with Gasteiger partial charge < -0.3 is 5.73 Å². The number of nitrogens with one attached hydrogen (secondary N) is 1. The van der Waals surface area contributed by atoms with Crippen LogP contribution in [0, 0.1) is 5.41 Å². The van der Waals surface area contributed by atoms with Crippen LogP contribution in [0.2, 0.25) is 0 Å². The Kier molecular flexibility index (Phi) is 3.08. The van der Waals surface area contributed by atoms with Gasteiger partial charge in [-0.05, 0) is 18.6 Å². The Morgan fingerprint density at radius 3 is 2.40 bits per heavy atom. The Bertz CT molecular complexity index is 402. The fourth-order valence-electron chi connectivity index (χ4n) is 1.18. The molecule has 0 fully saturated rings. The highest BCUT2D eigenvalue weighted by molar-refractivity contribution is 9.12. The van der Waals surface area contributed by atoms with Crippen LogP contribution in [0.1, 0.15) is 6.92 Å². The van der Waals surface area contributed by atoms with E-state index in [1.165, 1.54) is 0 Å². The maximum Gasteiger partial charge on any atom is 0.417 e. The fraction of sp³-hybridized carbons (Fsp3) is 0.222. The molecule has 0 aromatic heterocycles. The van der Waals surface area contributed by atoms with E-state index < -0.39 is 11.7 Å². The molecule has 0 unspecified atom stereocenters. The number of rotatable bonds is 0. The summed E-state index contributed by atoms with van der Waals surface area (Å²) in [6, 6.07) is 0. The van der Waals surface area contributed by atoms with E-state index in [2.05, 4.69) is 15.9 Å². The SMILES string of the molecule is CC1=C(Br)C=C(C(F)(F)F)/C(=C/N)C1=N. The molecule has 82 valence electrons. The van der Waals surface area contributed by atoms with E-state index in [4.69, 9.17) is 11.1 Å². The van der Waals surface area contributed by atoms with Crippen molar-refractivity contribution in [2.75, 3.05) is 0 Å². The molecule has 1 aliphatic rings. The molecule has 0 saturated carbocycles. The van der Waals surface area contributed by atoms with Gasteiger partial charge >= 0.3 is 6.18 Å². The fourth-order valence-corrected chi connectivity index (χ4v) is 1.60. The van der Waals surface area contributed by atoms with Gasteiger partial charge in [0.25, 0.3) is 0 Å². The van der Waals surface area contributed by atoms with Crippen LogP contribution in [-0.4, -0.2) is 11.9 Å². The second-order valence-electron chi connectivity index (χ2n) is 2.98. The van der Waals surface area contributed by atoms with Gasteiger partial charge in [0.15, 0.2) is 0 Å². The molecule has 2 nitrogen and oxygen atoms in total. The summed E-state index contributed by atoms with van der Waals surface area (Å²) in [6.45, 7) is 1.56. The minimum Gasteiger partial charge on any atom is -0.404 e. The predicted octanol–water partition coefficient (Wildman–Crippen LogP) is 3.02. The summed E-state index contributed by atoms with van der Waals surface area (Å²) in [5.74, 6) is 0. The van der Waals surface area contributed by atoms with E-state index in [9.17, 15) is 13.2 Å². The lowest BCUT2D eigenvalue weighted by molar-refractivity contribution is -0.0888. The lowest BCUT2D eigenvalue weighted by Crippen LogP contribution is -2.22. The van der Waals surface area contributed by atoms with Crippen molar-refractivity contribution in [3.05, 3.63) is 33.5 Å². The highest BCUT2D eigenvalue weighted by Crippen LogP contribution is 2.38. The summed E-state index contributed by atoms with van der Waals surface area (Å²) in [5.41, 5.74) is 4.14. The molecule has 6 heteroatoms. The number of halogens is 4. The first-order valence-corrected chi connectivity index (χ1v) is 4.75. The van der Waals surface area contributed by atoms with Crippen LogP contribution in [-0.2, 0) is 0 Å². The van der Waals surface area contributed by atoms with Crippen LogP contribution in [0.25, 0.3) is 0 Å². The van der Waals surface area contributed by atoms with Crippen LogP contribution in [0.5, 0.6) is 0 Å². The lowest BCUT2D eigenvalue weighted by Gasteiger charge is -2.21. The minimum absolute atomic E-state index is 0.209. The monoisotopic (exact) mass is 280 g/mol. The van der Waals surface area contributed by atoms with Crippen LogP contribution in [0.4, 0.5) is 13.2 Å². The minimum atomic E-state index is -4.50. The van der Waals surface area contributed by atoms with Crippen LogP contribution >= 0.6 is 15.9 Å². The van der Waals surface area contributed by atoms with E-state index in [-0.39, 0.29) is 15.8 Å². The molecule has 15 heavy (non-hydrogen) atoms. The standard InChI is InChI=1S/C9H8BrF3N2/c1-4-7(10)2-6(9(11,12)13)5(3-14)8(4)15/h2-3,15H,14H2,1H3/b5-3-,15-8?. The van der Waals surface area contributed by atoms with Gasteiger partial charge in [-0.2, -0.15) is 13.2 Å². The van der Waals surface area contributed by atoms with Gasteiger partial charge in [0.2, 0.25) is 0 Å². The molecule has 0 heterocycles. The van der Waals surface area contributed by atoms with Gasteiger partial charge in [0.1, 0.15) is 0 Å². The number of hydrogen-bond acceptors (Lipinski definition) is 2. The Hall–Kier alpha value is -1.04. The first kappa shape index (κ1) is 12.0. The van der Waals surface area contributed by atoms with E-state index in [0.717, 1.165) is 12.3 Å². The molecule has 0 aromatic carbocycles. The van der Waals surface area contributed by atoms with E-state index in [1.807, 2.05) is 0 Å². The Labute approximate surface area is 93.0 Å². The quantitative estimate of drug-likeness (QED) is 0.704. The van der Waals surface area contributed by atoms with Crippen molar-refractivity contribution in [3.63, 3.8) is 0 Å². The van der Waals surface area contributed by atoms with Gasteiger partial charge in [-0.25, -0.2) is 0 Å². The van der Waals surface area contributed by atoms with E-state index in [1.54, 1.807) is 6.92 Å². The number of hydrogen-bond donors (Lipinski definition) is 2. The molecule has 0 aromatic rings. The molecule has 1 rings (SSSR count). The zero-order valence-corrected chi connectivity index (χ0v) is 9.33. The number of allylic oxidation sites excluding steroid dienone is 5. The van der Waals surface area contributed by atoms with E-state index in [0.29, 0.717) is 5.57 Å². The summed E-state index contributed by atoms with van der Waals surface area (Å²) < 4.78 is 37.9. The molecule has 0 radical (unpaired) electrons. The molecule has 3 N–H and O–H groups in total. The molecule has 0 atom stereocenters. The summed E-state index contributed by atoms with van der Waals surface area (Å²) in [6.07, 6.45) is -2.76. The average molecular weight is 281 g/mol. The van der Waals surface area contributed by atoms with Crippen molar-refractivity contribution in [2.45, 2.75) is 13.1 Å². The van der Waals surface area contributed by atoms with Gasteiger partial charge in [-0.1, -0.05) is 15.9 Å². The predicted molar refractivity (Wildman–Crippen MR) is 55.8 cm³/mol. The Morgan fingerprint density at radius 1 is 1.47 bits per heavy atom. The summed E-state index contributed by atoms with van der Waals surface area (Å²) in [7, 11) is 0. The molecule has 1 aliphatic carbocycles. The highest BCUT2D eigenvalue weighted by atomic mass is 79.9. The van der Waals surface area contributed by atoms with Gasteiger partial charge in [-0.15, -0.1) is 0 Å². The second kappa shape index (κ2) is 3.84. The smallest absolute Gasteiger partial charge is 0.404 e. The van der Waals surface area contributed by atoms with Crippen LogP contribution < -0.4 is 5.73 Å². The summed E-state index contributed by atoms with van der Waals surface area (Å²) in [5, 5.41) is 7.52. The maximum absolute atomic E-state index is 12.5. The Balaban J connectivity index is 3.38. The number of alkyl halides is 3. The normalized spacial score (nSPS) is 21.0. The van der Waals surface area contributed by atoms with Gasteiger partial charge in [0.05, 0.1) is 11.3 Å². The highest BCUT2D eigenvalue weighted by Gasteiger charge is 2.39. The molecule has 0 amide bonds. The Morgan fingerprint density at radius 2 is 2.00 bits per heavy atom. The van der Waals surface area contributed by atoms with Crippen molar-refractivity contribution < 1.29 is 13.2 Å². The average Bonchev–Trinajstić information content (AvgIpc) is 2.12. The molecule has 0 bridgehead atoms. The first-order valence-electron chi connectivity index (χ1n) is 3.96. The maximum atomic E-state index is 12.5. The zero-order valence-electron chi connectivity index (χ0n) is 7.74. The lowest BCUT2D eigenvalue weighted by atomic mass is 9.92. The van der Waals surface area contributed by atoms with Crippen LogP contribution in [0.15, 0.2) is 33.5 Å². The summed E-state index contributed by atoms with van der Waals surface area (Å²) >= 11 is 2.98. The van der Waals surface area contributed by atoms with E-state index >= 15 is 0 Å². The third kappa shape index (κ3) is 2.14. The molecule has 0 aliphatic heterocycles. The molecule has 0 spiro atoms. The van der Waals surface area contributed by atoms with Crippen molar-refractivity contribution in [2.24, 2.45) is 5.73 Å². The largest absolute Gasteiger partial charge is 0.417 e. The summed E-state index contributed by atoms with van der Waals surface area (Å²) in [4.78, 5) is 0. The zero-order chi connectivity index (χ0) is 11.8. The third-order valence-corrected chi connectivity index (χ3v) is 2.86. The van der Waals surface area contributed by atoms with Crippen molar-refractivity contribution in [3.8, 4) is 0 Å². The number of nitrogens with two attached hydrogens (primary N) is 1. The molecular weight excluding hydrogens is 273 g/mol. The molecular formula is C9H8BrF3N2. The second-order valence-corrected chi connectivity index (χ2v) is 3.84. The molecule has 0 saturated heterocycles. The van der Waals surface area contributed by atoms with Crippen molar-refractivity contribution in [1.29, 1.82) is 5.41 Å². The third-order valence-electron chi connectivity index (χ3n) is 2.04. The first-order chi connectivity index (χ1) is 6.79.